The molecular weight excluding hydrogens is 225 g/mol. The van der Waals surface area contributed by atoms with Gasteiger partial charge in [0.2, 0.25) is 0 Å². The van der Waals surface area contributed by atoms with Crippen LogP contribution in [0.2, 0.25) is 0 Å². The number of anilines is 1. The number of hydrogen-bond donors (Lipinski definition) is 2. The summed E-state index contributed by atoms with van der Waals surface area (Å²) in [5.74, 6) is -1.06. The standard InChI is InChI=1S/C11H14FN3O2/c12-9-6-14-5-8(10(9)13)11(16)15-7-1-3-17-4-2-7/h5-7H,1-4H2,(H2,13,14)(H,15,16). The molecule has 1 aliphatic heterocycles. The van der Waals surface area contributed by atoms with Gasteiger partial charge in [-0.25, -0.2) is 4.39 Å². The van der Waals surface area contributed by atoms with Crippen molar-refractivity contribution >= 4 is 11.6 Å². The van der Waals surface area contributed by atoms with Crippen LogP contribution in [0.4, 0.5) is 10.1 Å². The first-order valence-corrected chi connectivity index (χ1v) is 5.46. The molecule has 0 spiro atoms. The molecule has 3 N–H and O–H groups in total. The van der Waals surface area contributed by atoms with Gasteiger partial charge in [0, 0.05) is 25.5 Å². The smallest absolute Gasteiger partial charge is 0.255 e. The predicted molar refractivity (Wildman–Crippen MR) is 59.9 cm³/mol. The first kappa shape index (κ1) is 11.8. The van der Waals surface area contributed by atoms with Gasteiger partial charge in [-0.2, -0.15) is 0 Å². The summed E-state index contributed by atoms with van der Waals surface area (Å²) in [7, 11) is 0. The van der Waals surface area contributed by atoms with E-state index in [-0.39, 0.29) is 23.2 Å². The highest BCUT2D eigenvalue weighted by atomic mass is 19.1. The molecule has 0 atom stereocenters. The number of nitrogens with zero attached hydrogens (tertiary/aromatic N) is 1. The molecule has 0 aliphatic carbocycles. The normalized spacial score (nSPS) is 16.8. The number of nitrogen functional groups attached to an aromatic ring is 1. The minimum Gasteiger partial charge on any atom is -0.396 e. The van der Waals surface area contributed by atoms with Crippen molar-refractivity contribution in [3.63, 3.8) is 0 Å². The van der Waals surface area contributed by atoms with Gasteiger partial charge < -0.3 is 15.8 Å². The zero-order valence-corrected chi connectivity index (χ0v) is 9.28. The van der Waals surface area contributed by atoms with E-state index in [0.29, 0.717) is 13.2 Å². The number of pyridine rings is 1. The predicted octanol–water partition coefficient (Wildman–Crippen LogP) is 0.712. The third-order valence-corrected chi connectivity index (χ3v) is 2.74. The molecule has 1 saturated heterocycles. The van der Waals surface area contributed by atoms with Crippen LogP contribution in [0.15, 0.2) is 12.4 Å². The molecule has 2 rings (SSSR count). The first-order chi connectivity index (χ1) is 8.18. The van der Waals surface area contributed by atoms with E-state index >= 15 is 0 Å². The molecule has 1 aliphatic rings. The van der Waals surface area contributed by atoms with E-state index in [1.807, 2.05) is 0 Å². The molecule has 0 aromatic carbocycles. The van der Waals surface area contributed by atoms with E-state index < -0.39 is 5.82 Å². The Bertz CT molecular complexity index is 419. The Labute approximate surface area is 98.2 Å². The van der Waals surface area contributed by atoms with Gasteiger partial charge in [0.05, 0.1) is 17.4 Å². The number of amides is 1. The SMILES string of the molecule is Nc1c(F)cncc1C(=O)NC1CCOCC1. The highest BCUT2D eigenvalue weighted by Gasteiger charge is 2.19. The molecule has 1 amide bonds. The Morgan fingerprint density at radius 3 is 2.88 bits per heavy atom. The van der Waals surface area contributed by atoms with Crippen LogP contribution in [-0.4, -0.2) is 30.1 Å². The lowest BCUT2D eigenvalue weighted by Crippen LogP contribution is -2.39. The summed E-state index contributed by atoms with van der Waals surface area (Å²) in [6, 6.07) is 0.0546. The molecular formula is C11H14FN3O2. The molecule has 17 heavy (non-hydrogen) atoms. The summed E-state index contributed by atoms with van der Waals surface area (Å²) >= 11 is 0. The zero-order valence-electron chi connectivity index (χ0n) is 9.28. The Morgan fingerprint density at radius 1 is 1.47 bits per heavy atom. The minimum absolute atomic E-state index is 0.0546. The number of nitrogens with one attached hydrogen (secondary N) is 1. The fourth-order valence-electron chi connectivity index (χ4n) is 1.73. The summed E-state index contributed by atoms with van der Waals surface area (Å²) in [5, 5.41) is 2.80. The Kier molecular flexibility index (Phi) is 3.53. The van der Waals surface area contributed by atoms with Crippen LogP contribution in [0.3, 0.4) is 0 Å². The van der Waals surface area contributed by atoms with Crippen LogP contribution < -0.4 is 11.1 Å². The highest BCUT2D eigenvalue weighted by molar-refractivity contribution is 5.98. The highest BCUT2D eigenvalue weighted by Crippen LogP contribution is 2.15. The molecule has 1 aromatic heterocycles. The van der Waals surface area contributed by atoms with Gasteiger partial charge in [-0.3, -0.25) is 9.78 Å². The van der Waals surface area contributed by atoms with Crippen molar-refractivity contribution < 1.29 is 13.9 Å². The number of nitrogens with two attached hydrogens (primary N) is 1. The van der Waals surface area contributed by atoms with E-state index in [1.54, 1.807) is 0 Å². The van der Waals surface area contributed by atoms with Gasteiger partial charge in [-0.1, -0.05) is 0 Å². The second-order valence-corrected chi connectivity index (χ2v) is 3.94. The molecule has 1 aromatic rings. The third-order valence-electron chi connectivity index (χ3n) is 2.74. The summed E-state index contributed by atoms with van der Waals surface area (Å²) in [4.78, 5) is 15.5. The first-order valence-electron chi connectivity index (χ1n) is 5.46. The molecule has 0 bridgehead atoms. The van der Waals surface area contributed by atoms with Crippen molar-refractivity contribution in [1.29, 1.82) is 0 Å². The quantitative estimate of drug-likeness (QED) is 0.796. The van der Waals surface area contributed by atoms with Crippen LogP contribution in [0.5, 0.6) is 0 Å². The van der Waals surface area contributed by atoms with Crippen molar-refractivity contribution in [3.05, 3.63) is 23.8 Å². The summed E-state index contributed by atoms with van der Waals surface area (Å²) in [6.07, 6.45) is 3.77. The Hall–Kier alpha value is -1.69. The van der Waals surface area contributed by atoms with Crippen LogP contribution >= 0.6 is 0 Å². The second kappa shape index (κ2) is 5.09. The summed E-state index contributed by atoms with van der Waals surface area (Å²) in [5.41, 5.74) is 5.41. The third kappa shape index (κ3) is 2.71. The van der Waals surface area contributed by atoms with Crippen LogP contribution in [0.25, 0.3) is 0 Å². The molecule has 2 heterocycles. The lowest BCUT2D eigenvalue weighted by Gasteiger charge is -2.23. The monoisotopic (exact) mass is 239 g/mol. The largest absolute Gasteiger partial charge is 0.396 e. The maximum Gasteiger partial charge on any atom is 0.255 e. The van der Waals surface area contributed by atoms with Gasteiger partial charge in [-0.15, -0.1) is 0 Å². The number of carbonyl (C=O) groups is 1. The number of ether oxygens (including phenoxy) is 1. The van der Waals surface area contributed by atoms with Crippen molar-refractivity contribution in [2.45, 2.75) is 18.9 Å². The summed E-state index contributed by atoms with van der Waals surface area (Å²) in [6.45, 7) is 1.25. The molecule has 5 nitrogen and oxygen atoms in total. The zero-order chi connectivity index (χ0) is 12.3. The number of hydrogen-bond acceptors (Lipinski definition) is 4. The van der Waals surface area contributed by atoms with E-state index in [2.05, 4.69) is 10.3 Å². The molecule has 0 saturated carbocycles. The number of aromatic nitrogens is 1. The summed E-state index contributed by atoms with van der Waals surface area (Å²) < 4.78 is 18.3. The van der Waals surface area contributed by atoms with E-state index in [1.165, 1.54) is 6.20 Å². The fourth-order valence-corrected chi connectivity index (χ4v) is 1.73. The molecule has 92 valence electrons. The van der Waals surface area contributed by atoms with E-state index in [4.69, 9.17) is 10.5 Å². The average molecular weight is 239 g/mol. The van der Waals surface area contributed by atoms with Gasteiger partial charge in [0.25, 0.3) is 5.91 Å². The Balaban J connectivity index is 2.06. The van der Waals surface area contributed by atoms with Gasteiger partial charge >= 0.3 is 0 Å². The molecule has 0 radical (unpaired) electrons. The number of carbonyl (C=O) groups excluding carboxylic acids is 1. The van der Waals surface area contributed by atoms with E-state index in [0.717, 1.165) is 19.0 Å². The topological polar surface area (TPSA) is 77.2 Å². The lowest BCUT2D eigenvalue weighted by atomic mass is 10.1. The average Bonchev–Trinajstić information content (AvgIpc) is 2.34. The molecule has 0 unspecified atom stereocenters. The second-order valence-electron chi connectivity index (χ2n) is 3.94. The van der Waals surface area contributed by atoms with Crippen LogP contribution in [0, 0.1) is 5.82 Å². The lowest BCUT2D eigenvalue weighted by molar-refractivity contribution is 0.0696. The van der Waals surface area contributed by atoms with E-state index in [9.17, 15) is 9.18 Å². The number of rotatable bonds is 2. The van der Waals surface area contributed by atoms with Gasteiger partial charge in [0.1, 0.15) is 0 Å². The van der Waals surface area contributed by atoms with Crippen molar-refractivity contribution in [1.82, 2.24) is 10.3 Å². The molecule has 6 heteroatoms. The van der Waals surface area contributed by atoms with Crippen molar-refractivity contribution in [2.24, 2.45) is 0 Å². The van der Waals surface area contributed by atoms with Gasteiger partial charge in [0.15, 0.2) is 5.82 Å². The van der Waals surface area contributed by atoms with Crippen LogP contribution in [-0.2, 0) is 4.74 Å². The number of halogens is 1. The van der Waals surface area contributed by atoms with Crippen LogP contribution in [0.1, 0.15) is 23.2 Å². The Morgan fingerprint density at radius 2 is 2.18 bits per heavy atom. The molecule has 1 fully saturated rings. The van der Waals surface area contributed by atoms with Crippen molar-refractivity contribution in [3.8, 4) is 0 Å². The fraction of sp³-hybridized carbons (Fsp3) is 0.455. The maximum atomic E-state index is 13.1. The van der Waals surface area contributed by atoms with Crippen molar-refractivity contribution in [2.75, 3.05) is 18.9 Å². The minimum atomic E-state index is -0.676. The maximum absolute atomic E-state index is 13.1. The van der Waals surface area contributed by atoms with Gasteiger partial charge in [-0.05, 0) is 12.8 Å².